The molecular formula is C17H20N4O4S. The summed E-state index contributed by atoms with van der Waals surface area (Å²) in [6, 6.07) is 6.69. The number of sulfonamides is 1. The highest BCUT2D eigenvalue weighted by atomic mass is 32.2. The van der Waals surface area contributed by atoms with Gasteiger partial charge in [-0.15, -0.1) is 0 Å². The third-order valence-corrected chi connectivity index (χ3v) is 5.20. The molecule has 3 aromatic heterocycles. The zero-order valence-electron chi connectivity index (χ0n) is 14.5. The van der Waals surface area contributed by atoms with Gasteiger partial charge in [-0.3, -0.25) is 4.98 Å². The first-order valence-electron chi connectivity index (χ1n) is 8.14. The Hall–Kier alpha value is -2.65. The standard InChI is InChI=1S/C17H20N4O4S/c1-12-13(2)21-25-17(12)15-6-7-16(24-15)26(22,23)20-10-4-9-19-14-5-3-8-18-11-14/h3,5-8,11,19-20H,4,9-10H2,1-2H3. The molecule has 0 spiro atoms. The summed E-state index contributed by atoms with van der Waals surface area (Å²) in [4.78, 5) is 4.00. The molecule has 0 unspecified atom stereocenters. The van der Waals surface area contributed by atoms with Gasteiger partial charge in [-0.1, -0.05) is 5.16 Å². The van der Waals surface area contributed by atoms with Crippen molar-refractivity contribution in [2.24, 2.45) is 0 Å². The zero-order chi connectivity index (χ0) is 18.6. The maximum Gasteiger partial charge on any atom is 0.273 e. The topological polar surface area (TPSA) is 110 Å². The minimum atomic E-state index is -3.72. The van der Waals surface area contributed by atoms with E-state index in [1.54, 1.807) is 18.5 Å². The van der Waals surface area contributed by atoms with Crippen LogP contribution in [0.15, 0.2) is 50.7 Å². The first-order valence-corrected chi connectivity index (χ1v) is 9.62. The molecule has 0 amide bonds. The van der Waals surface area contributed by atoms with Gasteiger partial charge in [-0.2, -0.15) is 0 Å². The van der Waals surface area contributed by atoms with E-state index in [1.807, 2.05) is 26.0 Å². The van der Waals surface area contributed by atoms with E-state index >= 15 is 0 Å². The SMILES string of the molecule is Cc1noc(-c2ccc(S(=O)(=O)NCCCNc3cccnc3)o2)c1C. The minimum absolute atomic E-state index is 0.152. The van der Waals surface area contributed by atoms with Crippen LogP contribution in [0.3, 0.4) is 0 Å². The molecule has 2 N–H and O–H groups in total. The van der Waals surface area contributed by atoms with Crippen molar-refractivity contribution in [2.75, 3.05) is 18.4 Å². The summed E-state index contributed by atoms with van der Waals surface area (Å²) >= 11 is 0. The van der Waals surface area contributed by atoms with Gasteiger partial charge in [0.2, 0.25) is 10.9 Å². The van der Waals surface area contributed by atoms with Crippen molar-refractivity contribution in [3.8, 4) is 11.5 Å². The molecule has 9 heteroatoms. The molecule has 0 radical (unpaired) electrons. The number of rotatable bonds is 8. The van der Waals surface area contributed by atoms with E-state index in [-0.39, 0.29) is 11.6 Å². The number of nitrogens with one attached hydrogen (secondary N) is 2. The smallest absolute Gasteiger partial charge is 0.273 e. The molecule has 3 heterocycles. The van der Waals surface area contributed by atoms with Crippen LogP contribution in [0.2, 0.25) is 0 Å². The second-order valence-corrected chi connectivity index (χ2v) is 7.46. The van der Waals surface area contributed by atoms with E-state index in [9.17, 15) is 8.42 Å². The maximum atomic E-state index is 12.3. The number of hydrogen-bond acceptors (Lipinski definition) is 7. The van der Waals surface area contributed by atoms with Crippen molar-refractivity contribution < 1.29 is 17.4 Å². The molecule has 0 aliphatic rings. The van der Waals surface area contributed by atoms with Crippen molar-refractivity contribution in [3.63, 3.8) is 0 Å². The molecule has 0 saturated carbocycles. The molecule has 3 aromatic rings. The summed E-state index contributed by atoms with van der Waals surface area (Å²) in [7, 11) is -3.72. The Labute approximate surface area is 151 Å². The van der Waals surface area contributed by atoms with Crippen molar-refractivity contribution in [2.45, 2.75) is 25.4 Å². The van der Waals surface area contributed by atoms with Crippen LogP contribution in [0, 0.1) is 13.8 Å². The second kappa shape index (κ2) is 7.71. The zero-order valence-corrected chi connectivity index (χ0v) is 15.3. The summed E-state index contributed by atoms with van der Waals surface area (Å²) in [6.07, 6.45) is 4.02. The van der Waals surface area contributed by atoms with Crippen molar-refractivity contribution in [1.29, 1.82) is 0 Å². The number of furan rings is 1. The van der Waals surface area contributed by atoms with Crippen molar-refractivity contribution in [3.05, 3.63) is 47.9 Å². The summed E-state index contributed by atoms with van der Waals surface area (Å²) in [5.74, 6) is 0.770. The van der Waals surface area contributed by atoms with Gasteiger partial charge in [0.1, 0.15) is 0 Å². The molecular weight excluding hydrogens is 356 g/mol. The van der Waals surface area contributed by atoms with Crippen LogP contribution in [0.5, 0.6) is 0 Å². The van der Waals surface area contributed by atoms with Gasteiger partial charge in [0, 0.05) is 31.0 Å². The van der Waals surface area contributed by atoms with Crippen LogP contribution in [-0.2, 0) is 10.0 Å². The molecule has 0 saturated heterocycles. The van der Waals surface area contributed by atoms with E-state index in [0.717, 1.165) is 16.9 Å². The van der Waals surface area contributed by atoms with Crippen LogP contribution in [0.4, 0.5) is 5.69 Å². The molecule has 0 aromatic carbocycles. The Morgan fingerprint density at radius 1 is 1.15 bits per heavy atom. The molecule has 0 aliphatic heterocycles. The molecule has 0 atom stereocenters. The van der Waals surface area contributed by atoms with Gasteiger partial charge in [0.05, 0.1) is 11.4 Å². The van der Waals surface area contributed by atoms with Gasteiger partial charge in [0.25, 0.3) is 10.0 Å². The van der Waals surface area contributed by atoms with Crippen LogP contribution >= 0.6 is 0 Å². The Balaban J connectivity index is 1.54. The highest BCUT2D eigenvalue weighted by molar-refractivity contribution is 7.89. The first kappa shape index (κ1) is 18.2. The number of aromatic nitrogens is 2. The van der Waals surface area contributed by atoms with Crippen LogP contribution in [0.25, 0.3) is 11.5 Å². The second-order valence-electron chi connectivity index (χ2n) is 5.76. The molecule has 3 rings (SSSR count). The van der Waals surface area contributed by atoms with Crippen LogP contribution < -0.4 is 10.0 Å². The number of nitrogens with zero attached hydrogens (tertiary/aromatic N) is 2. The lowest BCUT2D eigenvalue weighted by Crippen LogP contribution is -2.25. The van der Waals surface area contributed by atoms with Gasteiger partial charge in [0.15, 0.2) is 5.76 Å². The highest BCUT2D eigenvalue weighted by Gasteiger charge is 2.21. The van der Waals surface area contributed by atoms with Crippen molar-refractivity contribution >= 4 is 15.7 Å². The van der Waals surface area contributed by atoms with Gasteiger partial charge >= 0.3 is 0 Å². The quantitative estimate of drug-likeness (QED) is 0.582. The van der Waals surface area contributed by atoms with Gasteiger partial charge in [-0.05, 0) is 44.5 Å². The number of hydrogen-bond donors (Lipinski definition) is 2. The molecule has 138 valence electrons. The first-order chi connectivity index (χ1) is 12.5. The normalized spacial score (nSPS) is 11.6. The van der Waals surface area contributed by atoms with E-state index in [4.69, 9.17) is 8.94 Å². The average molecular weight is 376 g/mol. The molecule has 26 heavy (non-hydrogen) atoms. The van der Waals surface area contributed by atoms with E-state index in [0.29, 0.717) is 24.5 Å². The van der Waals surface area contributed by atoms with Gasteiger partial charge < -0.3 is 14.3 Å². The number of aryl methyl sites for hydroxylation is 1. The van der Waals surface area contributed by atoms with Crippen LogP contribution in [0.1, 0.15) is 17.7 Å². The van der Waals surface area contributed by atoms with Gasteiger partial charge in [-0.25, -0.2) is 13.1 Å². The summed E-state index contributed by atoms with van der Waals surface area (Å²) in [5.41, 5.74) is 2.45. The van der Waals surface area contributed by atoms with E-state index in [1.165, 1.54) is 6.07 Å². The third-order valence-electron chi connectivity index (χ3n) is 3.86. The Morgan fingerprint density at radius 2 is 2.00 bits per heavy atom. The molecule has 8 nitrogen and oxygen atoms in total. The maximum absolute atomic E-state index is 12.3. The largest absolute Gasteiger partial charge is 0.440 e. The average Bonchev–Trinajstić information content (AvgIpc) is 3.24. The monoisotopic (exact) mass is 376 g/mol. The predicted molar refractivity (Wildman–Crippen MR) is 96.2 cm³/mol. The fourth-order valence-corrected chi connectivity index (χ4v) is 3.30. The summed E-state index contributed by atoms with van der Waals surface area (Å²) in [5, 5.41) is 6.86. The summed E-state index contributed by atoms with van der Waals surface area (Å²) < 4.78 is 37.8. The van der Waals surface area contributed by atoms with Crippen molar-refractivity contribution in [1.82, 2.24) is 14.9 Å². The van der Waals surface area contributed by atoms with E-state index in [2.05, 4.69) is 20.2 Å². The van der Waals surface area contributed by atoms with Crippen LogP contribution in [-0.4, -0.2) is 31.6 Å². The molecule has 0 fully saturated rings. The fraction of sp³-hybridized carbons (Fsp3) is 0.294. The fourth-order valence-electron chi connectivity index (χ4n) is 2.30. The highest BCUT2D eigenvalue weighted by Crippen LogP contribution is 2.28. The lowest BCUT2D eigenvalue weighted by Gasteiger charge is -2.06. The lowest BCUT2D eigenvalue weighted by molar-refractivity contribution is 0.397. The Kier molecular flexibility index (Phi) is 5.38. The number of anilines is 1. The number of pyridine rings is 1. The lowest BCUT2D eigenvalue weighted by atomic mass is 10.2. The third kappa shape index (κ3) is 4.12. The predicted octanol–water partition coefficient (Wildman–Crippen LogP) is 2.73. The van der Waals surface area contributed by atoms with E-state index < -0.39 is 10.0 Å². The minimum Gasteiger partial charge on any atom is -0.440 e. The Bertz CT molecular complexity index is 964. The summed E-state index contributed by atoms with van der Waals surface area (Å²) in [6.45, 7) is 4.55. The Morgan fingerprint density at radius 3 is 2.69 bits per heavy atom. The molecule has 0 aliphatic carbocycles. The molecule has 0 bridgehead atoms.